The molecule has 0 unspecified atom stereocenters. The van der Waals surface area contributed by atoms with Gasteiger partial charge in [0.1, 0.15) is 0 Å². The molecule has 4 aromatic rings. The minimum Gasteiger partial charge on any atom is -0.309 e. The highest BCUT2D eigenvalue weighted by atomic mass is 15.2. The number of nitrogens with one attached hydrogen (secondary N) is 1. The molecule has 2 aliphatic carbocycles. The van der Waals surface area contributed by atoms with Crippen molar-refractivity contribution in [1.82, 2.24) is 0 Å². The van der Waals surface area contributed by atoms with Gasteiger partial charge >= 0.3 is 0 Å². The van der Waals surface area contributed by atoms with E-state index in [1.807, 2.05) is 0 Å². The van der Waals surface area contributed by atoms with Gasteiger partial charge in [0.25, 0.3) is 0 Å². The van der Waals surface area contributed by atoms with E-state index in [0.717, 1.165) is 42.5 Å². The van der Waals surface area contributed by atoms with Gasteiger partial charge in [-0.1, -0.05) is 61.2 Å². The molecular formula is C33H24N2. The number of allylic oxidation sites excluding steroid dienone is 2. The summed E-state index contributed by atoms with van der Waals surface area (Å²) in [7, 11) is 0. The molecule has 0 saturated carbocycles. The molecule has 2 heteroatoms. The zero-order valence-electron chi connectivity index (χ0n) is 19.5. The molecule has 0 bridgehead atoms. The average Bonchev–Trinajstić information content (AvgIpc) is 3.43. The van der Waals surface area contributed by atoms with Gasteiger partial charge in [0.2, 0.25) is 0 Å². The maximum Gasteiger partial charge on any atom is 0.0541 e. The van der Waals surface area contributed by atoms with Crippen molar-refractivity contribution >= 4 is 17.6 Å². The van der Waals surface area contributed by atoms with Crippen LogP contribution >= 0.6 is 0 Å². The minimum absolute atomic E-state index is 0.791. The predicted molar refractivity (Wildman–Crippen MR) is 144 cm³/mol. The van der Waals surface area contributed by atoms with Crippen LogP contribution in [0.15, 0.2) is 96.2 Å². The van der Waals surface area contributed by atoms with E-state index >= 15 is 0 Å². The molecule has 0 radical (unpaired) electrons. The van der Waals surface area contributed by atoms with E-state index in [4.69, 9.17) is 5.41 Å². The van der Waals surface area contributed by atoms with Crippen LogP contribution in [0, 0.1) is 5.41 Å². The van der Waals surface area contributed by atoms with Crippen molar-refractivity contribution < 1.29 is 0 Å². The van der Waals surface area contributed by atoms with Crippen LogP contribution in [0.3, 0.4) is 0 Å². The Morgan fingerprint density at radius 2 is 1.43 bits per heavy atom. The van der Waals surface area contributed by atoms with E-state index in [0.29, 0.717) is 0 Å². The summed E-state index contributed by atoms with van der Waals surface area (Å²) in [6.45, 7) is 4.53. The Balaban J connectivity index is 1.38. The van der Waals surface area contributed by atoms with Crippen LogP contribution < -0.4 is 4.90 Å². The Kier molecular flexibility index (Phi) is 3.67. The Labute approximate surface area is 205 Å². The van der Waals surface area contributed by atoms with Crippen LogP contribution in [0.4, 0.5) is 11.4 Å². The number of hydrogen-bond acceptors (Lipinski definition) is 2. The zero-order valence-corrected chi connectivity index (χ0v) is 19.5. The van der Waals surface area contributed by atoms with Crippen molar-refractivity contribution in [2.45, 2.75) is 25.7 Å². The highest BCUT2D eigenvalue weighted by molar-refractivity contribution is 5.95. The van der Waals surface area contributed by atoms with E-state index in [1.54, 1.807) is 0 Å². The van der Waals surface area contributed by atoms with Gasteiger partial charge in [-0.2, -0.15) is 0 Å². The van der Waals surface area contributed by atoms with Crippen LogP contribution in [0.2, 0.25) is 0 Å². The number of benzene rings is 4. The van der Waals surface area contributed by atoms with Crippen molar-refractivity contribution in [3.8, 4) is 22.3 Å². The lowest BCUT2D eigenvalue weighted by atomic mass is 9.83. The highest BCUT2D eigenvalue weighted by Gasteiger charge is 2.36. The monoisotopic (exact) mass is 448 g/mol. The van der Waals surface area contributed by atoms with Crippen LogP contribution in [0.1, 0.15) is 33.4 Å². The molecule has 35 heavy (non-hydrogen) atoms. The number of para-hydroxylation sites is 1. The van der Waals surface area contributed by atoms with Gasteiger partial charge in [-0.15, -0.1) is 0 Å². The van der Waals surface area contributed by atoms with E-state index in [9.17, 15) is 0 Å². The van der Waals surface area contributed by atoms with Crippen LogP contribution in [-0.4, -0.2) is 6.21 Å². The van der Waals surface area contributed by atoms with Gasteiger partial charge in [-0.3, -0.25) is 0 Å². The Morgan fingerprint density at radius 3 is 2.31 bits per heavy atom. The van der Waals surface area contributed by atoms with Crippen molar-refractivity contribution in [1.29, 1.82) is 5.41 Å². The molecule has 2 nitrogen and oxygen atoms in total. The van der Waals surface area contributed by atoms with Crippen LogP contribution in [-0.2, 0) is 25.7 Å². The SMILES string of the molecule is C=C1Cc2c(ccc3c2-c2cc4c(cc2C3)Cc2ccccc2-4)N2C1=C(C=N)Cc1ccccc12. The summed E-state index contributed by atoms with van der Waals surface area (Å²) in [6, 6.07) is 27.0. The summed E-state index contributed by atoms with van der Waals surface area (Å²) in [5.41, 5.74) is 19.7. The van der Waals surface area contributed by atoms with Crippen molar-refractivity contribution in [2.75, 3.05) is 4.90 Å². The lowest BCUT2D eigenvalue weighted by Gasteiger charge is -2.41. The number of nitrogens with zero attached hydrogens (tertiary/aromatic N) is 1. The number of fused-ring (bicyclic) bond motifs is 12. The van der Waals surface area contributed by atoms with Gasteiger partial charge in [-0.25, -0.2) is 0 Å². The van der Waals surface area contributed by atoms with Crippen LogP contribution in [0.25, 0.3) is 22.3 Å². The second kappa shape index (κ2) is 6.70. The third-order valence-corrected chi connectivity index (χ3v) is 8.32. The molecule has 0 spiro atoms. The molecule has 2 aliphatic heterocycles. The van der Waals surface area contributed by atoms with Gasteiger partial charge in [0, 0.05) is 24.7 Å². The molecule has 166 valence electrons. The summed E-state index contributed by atoms with van der Waals surface area (Å²) in [5, 5.41) is 8.13. The Hall–Kier alpha value is -4.17. The fourth-order valence-electron chi connectivity index (χ4n) is 6.86. The summed E-state index contributed by atoms with van der Waals surface area (Å²) in [4.78, 5) is 2.38. The van der Waals surface area contributed by atoms with Gasteiger partial charge in [-0.05, 0) is 97.8 Å². The maximum atomic E-state index is 8.13. The number of hydrogen-bond donors (Lipinski definition) is 1. The fourth-order valence-corrected chi connectivity index (χ4v) is 6.86. The maximum absolute atomic E-state index is 8.13. The molecule has 0 fully saturated rings. The predicted octanol–water partition coefficient (Wildman–Crippen LogP) is 7.54. The van der Waals surface area contributed by atoms with Gasteiger partial charge < -0.3 is 10.3 Å². The lowest BCUT2D eigenvalue weighted by Crippen LogP contribution is -2.30. The molecule has 8 rings (SSSR count). The molecule has 4 aliphatic rings. The van der Waals surface area contributed by atoms with Crippen molar-refractivity contribution in [2.24, 2.45) is 0 Å². The van der Waals surface area contributed by atoms with Crippen molar-refractivity contribution in [3.63, 3.8) is 0 Å². The largest absolute Gasteiger partial charge is 0.309 e. The quantitative estimate of drug-likeness (QED) is 0.259. The van der Waals surface area contributed by atoms with E-state index in [2.05, 4.69) is 84.3 Å². The first-order chi connectivity index (χ1) is 17.2. The molecule has 0 amide bonds. The first kappa shape index (κ1) is 19.2. The molecule has 0 aromatic heterocycles. The minimum atomic E-state index is 0.791. The standard InChI is InChI=1S/C33H24N2/c1-19-12-29-31(35-30-9-5-3-7-21(30)14-25(18-34)33(19)35)11-10-22-15-24-16-23-13-20-6-2-4-8-26(20)27(23)17-28(24)32(22)29/h2-11,16-18,34H,1,12-15H2. The van der Waals surface area contributed by atoms with Gasteiger partial charge in [0.05, 0.1) is 11.4 Å². The molecule has 0 saturated heterocycles. The van der Waals surface area contributed by atoms with E-state index < -0.39 is 0 Å². The van der Waals surface area contributed by atoms with Gasteiger partial charge in [0.15, 0.2) is 0 Å². The molecular weight excluding hydrogens is 424 g/mol. The fraction of sp³-hybridized carbons (Fsp3) is 0.121. The normalized spacial score (nSPS) is 16.1. The summed E-state index contributed by atoms with van der Waals surface area (Å²) >= 11 is 0. The van der Waals surface area contributed by atoms with E-state index in [-0.39, 0.29) is 0 Å². The first-order valence-electron chi connectivity index (χ1n) is 12.4. The van der Waals surface area contributed by atoms with Crippen LogP contribution in [0.5, 0.6) is 0 Å². The smallest absolute Gasteiger partial charge is 0.0541 e. The molecule has 0 atom stereocenters. The number of anilines is 2. The topological polar surface area (TPSA) is 27.1 Å². The Bertz CT molecular complexity index is 1680. The molecule has 1 N–H and O–H groups in total. The third kappa shape index (κ3) is 2.46. The van der Waals surface area contributed by atoms with Crippen molar-refractivity contribution in [3.05, 3.63) is 130 Å². The highest BCUT2D eigenvalue weighted by Crippen LogP contribution is 2.53. The molecule has 2 heterocycles. The number of rotatable bonds is 1. The summed E-state index contributed by atoms with van der Waals surface area (Å²) < 4.78 is 0. The Morgan fingerprint density at radius 1 is 0.657 bits per heavy atom. The average molecular weight is 449 g/mol. The summed E-state index contributed by atoms with van der Waals surface area (Å²) in [5.74, 6) is 0. The second-order valence-corrected chi connectivity index (χ2v) is 10.2. The lowest BCUT2D eigenvalue weighted by molar-refractivity contribution is 0.959. The summed E-state index contributed by atoms with van der Waals surface area (Å²) in [6.07, 6.45) is 5.18. The molecule has 4 aromatic carbocycles. The first-order valence-corrected chi connectivity index (χ1v) is 12.4. The van der Waals surface area contributed by atoms with E-state index in [1.165, 1.54) is 73.2 Å². The third-order valence-electron chi connectivity index (χ3n) is 8.32. The zero-order chi connectivity index (χ0) is 23.3. The second-order valence-electron chi connectivity index (χ2n) is 10.2.